The summed E-state index contributed by atoms with van der Waals surface area (Å²) in [5, 5.41) is 6.42. The molecule has 0 aliphatic rings. The molecule has 1 unspecified atom stereocenters. The number of aromatic nitrogens is 1. The topological polar surface area (TPSA) is 24.9 Å². The zero-order valence-electron chi connectivity index (χ0n) is 10.2. The van der Waals surface area contributed by atoms with E-state index in [0.717, 1.165) is 10.7 Å². The van der Waals surface area contributed by atoms with E-state index in [2.05, 4.69) is 53.1 Å². The first kappa shape index (κ1) is 12.6. The van der Waals surface area contributed by atoms with Crippen LogP contribution in [0.15, 0.2) is 34.5 Å². The molecular formula is C13H16N2S2. The maximum absolute atomic E-state index is 4.66. The number of benzene rings is 1. The monoisotopic (exact) mass is 264 g/mol. The lowest BCUT2D eigenvalue weighted by molar-refractivity contribution is 0.637. The van der Waals surface area contributed by atoms with E-state index < -0.39 is 0 Å². The van der Waals surface area contributed by atoms with Gasteiger partial charge in [0.25, 0.3) is 0 Å². The highest BCUT2D eigenvalue weighted by Gasteiger charge is 2.09. The van der Waals surface area contributed by atoms with Crippen molar-refractivity contribution in [3.63, 3.8) is 0 Å². The lowest BCUT2D eigenvalue weighted by Crippen LogP contribution is -2.12. The second kappa shape index (κ2) is 5.67. The summed E-state index contributed by atoms with van der Waals surface area (Å²) < 4.78 is 0. The lowest BCUT2D eigenvalue weighted by atomic mass is 10.2. The van der Waals surface area contributed by atoms with Crippen molar-refractivity contribution in [2.45, 2.75) is 17.9 Å². The van der Waals surface area contributed by atoms with Gasteiger partial charge in [-0.25, -0.2) is 4.98 Å². The normalized spacial score (nSPS) is 12.6. The summed E-state index contributed by atoms with van der Waals surface area (Å²) in [6.07, 6.45) is 2.09. The van der Waals surface area contributed by atoms with Gasteiger partial charge in [0.1, 0.15) is 5.01 Å². The number of rotatable bonds is 4. The molecule has 2 rings (SSSR count). The van der Waals surface area contributed by atoms with Crippen LogP contribution in [-0.4, -0.2) is 18.3 Å². The van der Waals surface area contributed by atoms with Gasteiger partial charge >= 0.3 is 0 Å². The highest BCUT2D eigenvalue weighted by molar-refractivity contribution is 7.98. The smallest absolute Gasteiger partial charge is 0.123 e. The van der Waals surface area contributed by atoms with Crippen molar-refractivity contribution in [2.75, 3.05) is 13.3 Å². The fraction of sp³-hybridized carbons (Fsp3) is 0.308. The molecule has 1 N–H and O–H groups in total. The predicted molar refractivity (Wildman–Crippen MR) is 76.8 cm³/mol. The van der Waals surface area contributed by atoms with Crippen molar-refractivity contribution in [3.05, 3.63) is 35.3 Å². The standard InChI is InChI=1S/C13H16N2S2/c1-9(14-2)12-8-17-13(15-12)10-4-6-11(16-3)7-5-10/h4-9,14H,1-3H3. The molecule has 0 amide bonds. The van der Waals surface area contributed by atoms with E-state index in [-0.39, 0.29) is 0 Å². The van der Waals surface area contributed by atoms with Gasteiger partial charge in [0.15, 0.2) is 0 Å². The third-order valence-electron chi connectivity index (χ3n) is 2.74. The predicted octanol–water partition coefficient (Wildman–Crippen LogP) is 3.81. The van der Waals surface area contributed by atoms with Crippen LogP contribution in [-0.2, 0) is 0 Å². The number of nitrogens with one attached hydrogen (secondary N) is 1. The van der Waals surface area contributed by atoms with Crippen molar-refractivity contribution in [1.29, 1.82) is 0 Å². The van der Waals surface area contributed by atoms with Crippen molar-refractivity contribution in [3.8, 4) is 10.6 Å². The number of thiazole rings is 1. The lowest BCUT2D eigenvalue weighted by Gasteiger charge is -2.05. The number of thioether (sulfide) groups is 1. The first-order valence-corrected chi connectivity index (χ1v) is 7.62. The Balaban J connectivity index is 2.24. The number of nitrogens with zero attached hydrogens (tertiary/aromatic N) is 1. The molecule has 2 nitrogen and oxygen atoms in total. The number of hydrogen-bond donors (Lipinski definition) is 1. The maximum Gasteiger partial charge on any atom is 0.123 e. The summed E-state index contributed by atoms with van der Waals surface area (Å²) in [5.74, 6) is 0. The molecule has 90 valence electrons. The largest absolute Gasteiger partial charge is 0.312 e. The molecular weight excluding hydrogens is 248 g/mol. The molecule has 0 saturated heterocycles. The molecule has 2 aromatic rings. The average Bonchev–Trinajstić information content (AvgIpc) is 2.87. The Morgan fingerprint density at radius 2 is 2.00 bits per heavy atom. The van der Waals surface area contributed by atoms with Crippen LogP contribution >= 0.6 is 23.1 Å². The molecule has 1 aromatic heterocycles. The van der Waals surface area contributed by atoms with E-state index in [0.29, 0.717) is 6.04 Å². The first-order valence-electron chi connectivity index (χ1n) is 5.51. The van der Waals surface area contributed by atoms with E-state index in [1.54, 1.807) is 23.1 Å². The van der Waals surface area contributed by atoms with Gasteiger partial charge in [-0.1, -0.05) is 12.1 Å². The highest BCUT2D eigenvalue weighted by Crippen LogP contribution is 2.27. The molecule has 0 aliphatic carbocycles. The molecule has 1 aromatic carbocycles. The quantitative estimate of drug-likeness (QED) is 0.850. The van der Waals surface area contributed by atoms with E-state index in [1.165, 1.54) is 10.5 Å². The van der Waals surface area contributed by atoms with Crippen molar-refractivity contribution in [2.24, 2.45) is 0 Å². The van der Waals surface area contributed by atoms with Crippen LogP contribution in [0, 0.1) is 0 Å². The molecule has 1 heterocycles. The van der Waals surface area contributed by atoms with Gasteiger partial charge in [0.2, 0.25) is 0 Å². The zero-order chi connectivity index (χ0) is 12.3. The molecule has 0 spiro atoms. The summed E-state index contributed by atoms with van der Waals surface area (Å²) in [4.78, 5) is 5.94. The Morgan fingerprint density at radius 1 is 1.29 bits per heavy atom. The summed E-state index contributed by atoms with van der Waals surface area (Å²) in [7, 11) is 1.96. The fourth-order valence-corrected chi connectivity index (χ4v) is 2.83. The van der Waals surface area contributed by atoms with E-state index >= 15 is 0 Å². The summed E-state index contributed by atoms with van der Waals surface area (Å²) in [5.41, 5.74) is 2.31. The Bertz CT molecular complexity index is 476. The summed E-state index contributed by atoms with van der Waals surface area (Å²) >= 11 is 3.46. The van der Waals surface area contributed by atoms with Gasteiger partial charge < -0.3 is 5.32 Å². The van der Waals surface area contributed by atoms with Crippen LogP contribution in [0.3, 0.4) is 0 Å². The van der Waals surface area contributed by atoms with E-state index in [9.17, 15) is 0 Å². The minimum absolute atomic E-state index is 0.311. The summed E-state index contributed by atoms with van der Waals surface area (Å²) in [6, 6.07) is 8.87. The van der Waals surface area contributed by atoms with Crippen LogP contribution in [0.5, 0.6) is 0 Å². The zero-order valence-corrected chi connectivity index (χ0v) is 11.9. The third kappa shape index (κ3) is 2.89. The van der Waals surface area contributed by atoms with Crippen molar-refractivity contribution >= 4 is 23.1 Å². The van der Waals surface area contributed by atoms with Gasteiger partial charge in [0, 0.05) is 21.9 Å². The van der Waals surface area contributed by atoms with Crippen LogP contribution in [0.25, 0.3) is 10.6 Å². The molecule has 1 atom stereocenters. The molecule has 0 saturated carbocycles. The van der Waals surface area contributed by atoms with Crippen LogP contribution in [0.4, 0.5) is 0 Å². The Labute approximate surface area is 110 Å². The average molecular weight is 264 g/mol. The summed E-state index contributed by atoms with van der Waals surface area (Å²) in [6.45, 7) is 2.12. The maximum atomic E-state index is 4.66. The highest BCUT2D eigenvalue weighted by atomic mass is 32.2. The Morgan fingerprint density at radius 3 is 2.59 bits per heavy atom. The Hall–Kier alpha value is -0.840. The van der Waals surface area contributed by atoms with E-state index in [4.69, 9.17) is 0 Å². The third-order valence-corrected chi connectivity index (χ3v) is 4.39. The van der Waals surface area contributed by atoms with Crippen molar-refractivity contribution in [1.82, 2.24) is 10.3 Å². The van der Waals surface area contributed by atoms with Gasteiger partial charge in [-0.15, -0.1) is 23.1 Å². The van der Waals surface area contributed by atoms with Crippen LogP contribution in [0.2, 0.25) is 0 Å². The molecule has 4 heteroatoms. The molecule has 0 bridgehead atoms. The molecule has 0 aliphatic heterocycles. The SMILES string of the molecule is CNC(C)c1csc(-c2ccc(SC)cc2)n1. The van der Waals surface area contributed by atoms with E-state index in [1.807, 2.05) is 7.05 Å². The van der Waals surface area contributed by atoms with Gasteiger partial charge in [0.05, 0.1) is 5.69 Å². The molecule has 0 radical (unpaired) electrons. The van der Waals surface area contributed by atoms with Gasteiger partial charge in [-0.3, -0.25) is 0 Å². The second-order valence-corrected chi connectivity index (χ2v) is 5.55. The second-order valence-electron chi connectivity index (χ2n) is 3.82. The van der Waals surface area contributed by atoms with Gasteiger partial charge in [-0.2, -0.15) is 0 Å². The van der Waals surface area contributed by atoms with Crippen LogP contribution in [0.1, 0.15) is 18.7 Å². The van der Waals surface area contributed by atoms with Gasteiger partial charge in [-0.05, 0) is 32.4 Å². The minimum Gasteiger partial charge on any atom is -0.312 e. The molecule has 0 fully saturated rings. The van der Waals surface area contributed by atoms with Crippen LogP contribution < -0.4 is 5.32 Å². The first-order chi connectivity index (χ1) is 8.24. The fourth-order valence-electron chi connectivity index (χ4n) is 1.50. The molecule has 17 heavy (non-hydrogen) atoms. The minimum atomic E-state index is 0.311. The van der Waals surface area contributed by atoms with Crippen molar-refractivity contribution < 1.29 is 0 Å². The number of hydrogen-bond acceptors (Lipinski definition) is 4. The Kier molecular flexibility index (Phi) is 4.20.